The Bertz CT molecular complexity index is 817. The first-order valence-electron chi connectivity index (χ1n) is 10.4. The van der Waals surface area contributed by atoms with Crippen molar-refractivity contribution >= 4 is 17.5 Å². The van der Waals surface area contributed by atoms with Crippen molar-refractivity contribution in [3.63, 3.8) is 0 Å². The molecular weight excluding hydrogens is 364 g/mol. The van der Waals surface area contributed by atoms with Crippen LogP contribution in [0.3, 0.4) is 0 Å². The number of hydrogen-bond donors (Lipinski definition) is 2. The number of piperidine rings is 1. The van der Waals surface area contributed by atoms with E-state index in [-0.39, 0.29) is 23.8 Å². The number of hydrogen-bond acceptors (Lipinski definition) is 4. The topological polar surface area (TPSA) is 74.3 Å². The SMILES string of the molecule is CC[C@H](C)C(=O)NC1CCN(c2ccccc2C(=O)NCc2ccncc2)CC1. The first-order chi connectivity index (χ1) is 14.1. The number of aromatic nitrogens is 1. The zero-order valence-electron chi connectivity index (χ0n) is 17.2. The molecular formula is C23H30N4O2. The van der Waals surface area contributed by atoms with E-state index in [1.165, 1.54) is 0 Å². The summed E-state index contributed by atoms with van der Waals surface area (Å²) in [4.78, 5) is 31.2. The molecule has 154 valence electrons. The number of carbonyl (C=O) groups is 2. The summed E-state index contributed by atoms with van der Waals surface area (Å²) in [5.74, 6) is 0.115. The van der Waals surface area contributed by atoms with Crippen LogP contribution in [0.1, 0.15) is 49.0 Å². The third kappa shape index (κ3) is 5.56. The second kappa shape index (κ2) is 10.0. The lowest BCUT2D eigenvalue weighted by atomic mass is 10.0. The fraction of sp³-hybridized carbons (Fsp3) is 0.435. The van der Waals surface area contributed by atoms with E-state index < -0.39 is 0 Å². The summed E-state index contributed by atoms with van der Waals surface area (Å²) in [6.45, 7) is 6.11. The third-order valence-electron chi connectivity index (χ3n) is 5.59. The minimum atomic E-state index is -0.0791. The Balaban J connectivity index is 1.59. The Kier molecular flexibility index (Phi) is 7.22. The average molecular weight is 395 g/mol. The standard InChI is InChI=1S/C23H30N4O2/c1-3-17(2)22(28)26-19-10-14-27(15-11-19)21-7-5-4-6-20(21)23(29)25-16-18-8-12-24-13-9-18/h4-9,12-13,17,19H,3,10-11,14-16H2,1-2H3,(H,25,29)(H,26,28)/t17-/m0/s1. The molecule has 2 N–H and O–H groups in total. The zero-order chi connectivity index (χ0) is 20.6. The molecule has 0 spiro atoms. The molecule has 1 aromatic heterocycles. The second-order valence-electron chi connectivity index (χ2n) is 7.63. The summed E-state index contributed by atoms with van der Waals surface area (Å²) in [6, 6.07) is 11.7. The van der Waals surface area contributed by atoms with Gasteiger partial charge in [-0.2, -0.15) is 0 Å². The summed E-state index contributed by atoms with van der Waals surface area (Å²) in [7, 11) is 0. The predicted molar refractivity (Wildman–Crippen MR) is 115 cm³/mol. The van der Waals surface area contributed by atoms with Gasteiger partial charge in [-0.3, -0.25) is 14.6 Å². The molecule has 6 heteroatoms. The van der Waals surface area contributed by atoms with Crippen LogP contribution in [0.5, 0.6) is 0 Å². The third-order valence-corrected chi connectivity index (χ3v) is 5.59. The van der Waals surface area contributed by atoms with Crippen LogP contribution in [0.25, 0.3) is 0 Å². The maximum atomic E-state index is 12.8. The number of benzene rings is 1. The van der Waals surface area contributed by atoms with Crippen LogP contribution in [-0.2, 0) is 11.3 Å². The van der Waals surface area contributed by atoms with Gasteiger partial charge in [0, 0.05) is 49.7 Å². The van der Waals surface area contributed by atoms with Gasteiger partial charge in [-0.1, -0.05) is 26.0 Å². The van der Waals surface area contributed by atoms with E-state index in [9.17, 15) is 9.59 Å². The van der Waals surface area contributed by atoms with Crippen LogP contribution in [0.15, 0.2) is 48.8 Å². The van der Waals surface area contributed by atoms with Crippen LogP contribution in [-0.4, -0.2) is 35.9 Å². The highest BCUT2D eigenvalue weighted by molar-refractivity contribution is 5.99. The van der Waals surface area contributed by atoms with Crippen molar-refractivity contribution in [3.8, 4) is 0 Å². The molecule has 29 heavy (non-hydrogen) atoms. The van der Waals surface area contributed by atoms with E-state index in [0.29, 0.717) is 12.1 Å². The molecule has 1 aliphatic heterocycles. The predicted octanol–water partition coefficient (Wildman–Crippen LogP) is 3.14. The summed E-state index contributed by atoms with van der Waals surface area (Å²) < 4.78 is 0. The number of carbonyl (C=O) groups excluding carboxylic acids is 2. The molecule has 0 saturated carbocycles. The highest BCUT2D eigenvalue weighted by Gasteiger charge is 2.24. The van der Waals surface area contributed by atoms with E-state index in [2.05, 4.69) is 20.5 Å². The molecule has 1 aliphatic rings. The lowest BCUT2D eigenvalue weighted by Gasteiger charge is -2.35. The maximum Gasteiger partial charge on any atom is 0.253 e. The molecule has 1 fully saturated rings. The molecule has 0 aliphatic carbocycles. The van der Waals surface area contributed by atoms with Gasteiger partial charge in [0.15, 0.2) is 0 Å². The normalized spacial score (nSPS) is 15.6. The fourth-order valence-corrected chi connectivity index (χ4v) is 3.51. The fourth-order valence-electron chi connectivity index (χ4n) is 3.51. The van der Waals surface area contributed by atoms with Crippen molar-refractivity contribution in [2.24, 2.45) is 5.92 Å². The monoisotopic (exact) mass is 394 g/mol. The highest BCUT2D eigenvalue weighted by Crippen LogP contribution is 2.24. The van der Waals surface area contributed by atoms with Crippen molar-refractivity contribution in [2.75, 3.05) is 18.0 Å². The molecule has 1 atom stereocenters. The van der Waals surface area contributed by atoms with Crippen LogP contribution in [0, 0.1) is 5.92 Å². The van der Waals surface area contributed by atoms with Crippen molar-refractivity contribution in [1.82, 2.24) is 15.6 Å². The maximum absolute atomic E-state index is 12.8. The van der Waals surface area contributed by atoms with Gasteiger partial charge in [0.2, 0.25) is 5.91 Å². The highest BCUT2D eigenvalue weighted by atomic mass is 16.2. The molecule has 0 bridgehead atoms. The minimum Gasteiger partial charge on any atom is -0.371 e. The Morgan fingerprint density at radius 2 is 1.83 bits per heavy atom. The minimum absolute atomic E-state index is 0.0536. The zero-order valence-corrected chi connectivity index (χ0v) is 17.2. The largest absolute Gasteiger partial charge is 0.371 e. The van der Waals surface area contributed by atoms with Crippen molar-refractivity contribution < 1.29 is 9.59 Å². The lowest BCUT2D eigenvalue weighted by Crippen LogP contribution is -2.46. The molecule has 0 unspecified atom stereocenters. The molecule has 2 amide bonds. The van der Waals surface area contributed by atoms with Crippen LogP contribution >= 0.6 is 0 Å². The molecule has 0 radical (unpaired) electrons. The van der Waals surface area contributed by atoms with Crippen molar-refractivity contribution in [1.29, 1.82) is 0 Å². The summed E-state index contributed by atoms with van der Waals surface area (Å²) in [6.07, 6.45) is 6.07. The van der Waals surface area contributed by atoms with Crippen molar-refractivity contribution in [3.05, 3.63) is 59.9 Å². The molecule has 1 saturated heterocycles. The number of pyridine rings is 1. The Morgan fingerprint density at radius 1 is 1.14 bits per heavy atom. The Labute approximate surface area is 172 Å². The van der Waals surface area contributed by atoms with Crippen molar-refractivity contribution in [2.45, 2.75) is 45.7 Å². The van der Waals surface area contributed by atoms with Crippen LogP contribution < -0.4 is 15.5 Å². The number of nitrogens with one attached hydrogen (secondary N) is 2. The summed E-state index contributed by atoms with van der Waals surface area (Å²) in [5.41, 5.74) is 2.65. The smallest absolute Gasteiger partial charge is 0.253 e. The lowest BCUT2D eigenvalue weighted by molar-refractivity contribution is -0.125. The summed E-state index contributed by atoms with van der Waals surface area (Å²) in [5, 5.41) is 6.17. The number of para-hydroxylation sites is 1. The number of nitrogens with zero attached hydrogens (tertiary/aromatic N) is 2. The van der Waals surface area contributed by atoms with Gasteiger partial charge in [-0.05, 0) is 49.1 Å². The second-order valence-corrected chi connectivity index (χ2v) is 7.63. The summed E-state index contributed by atoms with van der Waals surface area (Å²) >= 11 is 0. The molecule has 3 rings (SSSR count). The quantitative estimate of drug-likeness (QED) is 0.757. The van der Waals surface area contributed by atoms with E-state index in [4.69, 9.17) is 0 Å². The number of rotatable bonds is 7. The molecule has 2 heterocycles. The first-order valence-corrected chi connectivity index (χ1v) is 10.4. The first kappa shape index (κ1) is 20.8. The van der Waals surface area contributed by atoms with Gasteiger partial charge in [0.05, 0.1) is 5.56 Å². The van der Waals surface area contributed by atoms with E-state index in [1.807, 2.05) is 50.2 Å². The average Bonchev–Trinajstić information content (AvgIpc) is 2.78. The van der Waals surface area contributed by atoms with E-state index >= 15 is 0 Å². The number of anilines is 1. The van der Waals surface area contributed by atoms with Gasteiger partial charge >= 0.3 is 0 Å². The molecule has 1 aromatic carbocycles. The number of amides is 2. The van der Waals surface area contributed by atoms with E-state index in [1.54, 1.807) is 12.4 Å². The van der Waals surface area contributed by atoms with Gasteiger partial charge in [-0.15, -0.1) is 0 Å². The molecule has 2 aromatic rings. The van der Waals surface area contributed by atoms with Gasteiger partial charge in [0.1, 0.15) is 0 Å². The van der Waals surface area contributed by atoms with E-state index in [0.717, 1.165) is 43.6 Å². The Hall–Kier alpha value is -2.89. The Morgan fingerprint density at radius 3 is 2.52 bits per heavy atom. The molecule has 6 nitrogen and oxygen atoms in total. The van der Waals surface area contributed by atoms with Gasteiger partial charge < -0.3 is 15.5 Å². The van der Waals surface area contributed by atoms with Gasteiger partial charge in [0.25, 0.3) is 5.91 Å². The van der Waals surface area contributed by atoms with Crippen LogP contribution in [0.4, 0.5) is 5.69 Å². The van der Waals surface area contributed by atoms with Crippen LogP contribution in [0.2, 0.25) is 0 Å². The van der Waals surface area contributed by atoms with Gasteiger partial charge in [-0.25, -0.2) is 0 Å².